The highest BCUT2D eigenvalue weighted by Gasteiger charge is 2.30. The summed E-state index contributed by atoms with van der Waals surface area (Å²) in [4.78, 5) is 40.8. The molecule has 6 N–H and O–H groups in total. The Balaban J connectivity index is 4.48. The van der Waals surface area contributed by atoms with Crippen LogP contribution in [-0.4, -0.2) is 39.5 Å². The van der Waals surface area contributed by atoms with Gasteiger partial charge in [0.15, 0.2) is 0 Å². The van der Waals surface area contributed by atoms with Gasteiger partial charge in [-0.2, -0.15) is 0 Å². The zero-order valence-electron chi connectivity index (χ0n) is 10.6. The van der Waals surface area contributed by atoms with Gasteiger partial charge in [-0.05, 0) is 20.3 Å². The maximum absolute atomic E-state index is 11.6. The van der Waals surface area contributed by atoms with Crippen molar-refractivity contribution in [1.29, 1.82) is 0 Å². The average Bonchev–Trinajstić information content (AvgIpc) is 2.23. The molecule has 3 atom stereocenters. The maximum Gasteiger partial charge on any atom is 0.347 e. The van der Waals surface area contributed by atoms with E-state index in [4.69, 9.17) is 15.5 Å². The van der Waals surface area contributed by atoms with Crippen molar-refractivity contribution in [3.8, 4) is 0 Å². The van der Waals surface area contributed by atoms with Gasteiger partial charge < -0.3 is 26.2 Å². The van der Waals surface area contributed by atoms with Crippen molar-refractivity contribution in [2.75, 3.05) is 0 Å². The van der Waals surface area contributed by atoms with E-state index in [-0.39, 0.29) is 6.42 Å². The van der Waals surface area contributed by atoms with Crippen molar-refractivity contribution in [3.63, 3.8) is 0 Å². The highest BCUT2D eigenvalue weighted by Crippen LogP contribution is 2.41. The Morgan fingerprint density at radius 2 is 1.72 bits per heavy atom. The predicted molar refractivity (Wildman–Crippen MR) is 65.5 cm³/mol. The number of amides is 2. The van der Waals surface area contributed by atoms with Crippen molar-refractivity contribution in [3.05, 3.63) is 0 Å². The molecule has 0 aliphatic rings. The molecule has 0 saturated heterocycles. The zero-order chi connectivity index (χ0) is 14.5. The normalized spacial score (nSPS) is 16.6. The summed E-state index contributed by atoms with van der Waals surface area (Å²) >= 11 is 0. The van der Waals surface area contributed by atoms with Crippen LogP contribution in [-0.2, 0) is 14.2 Å². The van der Waals surface area contributed by atoms with Crippen LogP contribution in [0.2, 0.25) is 0 Å². The van der Waals surface area contributed by atoms with E-state index in [1.54, 1.807) is 0 Å². The molecule has 1 unspecified atom stereocenters. The fraction of sp³-hybridized carbons (Fsp3) is 0.778. The molecule has 0 rings (SSSR count). The molecule has 18 heavy (non-hydrogen) atoms. The number of nitrogens with one attached hydrogen (secondary N) is 2. The summed E-state index contributed by atoms with van der Waals surface area (Å²) in [5, 5.41) is 4.52. The number of hydrogen-bond donors (Lipinski definition) is 5. The van der Waals surface area contributed by atoms with E-state index in [9.17, 15) is 14.2 Å². The summed E-state index contributed by atoms with van der Waals surface area (Å²) in [6.45, 7) is 4.40. The molecule has 0 saturated carbocycles. The second-order valence-corrected chi connectivity index (χ2v) is 5.84. The molecule has 0 bridgehead atoms. The van der Waals surface area contributed by atoms with Crippen LogP contribution in [0.15, 0.2) is 0 Å². The Hall–Kier alpha value is -0.950. The number of hydrogen-bond acceptors (Lipinski definition) is 4. The first kappa shape index (κ1) is 17.1. The first-order valence-electron chi connectivity index (χ1n) is 5.51. The standard InChI is InChI=1S/C9H20N3O5P/c1-4-7(18(15,16)17)12-9(14)6(3)11-8(13)5(2)10/h5-7H,4,10H2,1-3H3,(H,11,13)(H,12,14)(H2,15,16,17)/t5-,6-,7?/m0/s1. The largest absolute Gasteiger partial charge is 0.347 e. The fourth-order valence-corrected chi connectivity index (χ4v) is 1.89. The Kier molecular flexibility index (Phi) is 6.48. The van der Waals surface area contributed by atoms with Gasteiger partial charge in [0.2, 0.25) is 11.8 Å². The maximum atomic E-state index is 11.6. The summed E-state index contributed by atoms with van der Waals surface area (Å²) in [7, 11) is -4.39. The minimum Gasteiger partial charge on any atom is -0.343 e. The molecule has 0 aliphatic carbocycles. The quantitative estimate of drug-likeness (QED) is 0.390. The molecule has 0 heterocycles. The van der Waals surface area contributed by atoms with Crippen molar-refractivity contribution in [2.24, 2.45) is 5.73 Å². The Bertz CT molecular complexity index is 354. The molecule has 0 spiro atoms. The first-order chi connectivity index (χ1) is 8.09. The molecule has 0 radical (unpaired) electrons. The molecular weight excluding hydrogens is 261 g/mol. The van der Waals surface area contributed by atoms with Gasteiger partial charge in [-0.1, -0.05) is 6.92 Å². The lowest BCUT2D eigenvalue weighted by Crippen LogP contribution is -2.51. The third-order valence-electron chi connectivity index (χ3n) is 2.27. The lowest BCUT2D eigenvalue weighted by atomic mass is 10.2. The van der Waals surface area contributed by atoms with Gasteiger partial charge in [-0.25, -0.2) is 0 Å². The van der Waals surface area contributed by atoms with E-state index < -0.39 is 37.3 Å². The van der Waals surface area contributed by atoms with E-state index in [1.165, 1.54) is 20.8 Å². The summed E-state index contributed by atoms with van der Waals surface area (Å²) in [5.41, 5.74) is 5.31. The van der Waals surface area contributed by atoms with Crippen molar-refractivity contribution in [1.82, 2.24) is 10.6 Å². The van der Waals surface area contributed by atoms with Crippen molar-refractivity contribution in [2.45, 2.75) is 45.1 Å². The van der Waals surface area contributed by atoms with Gasteiger partial charge in [0.1, 0.15) is 11.8 Å². The molecule has 0 aromatic rings. The van der Waals surface area contributed by atoms with Crippen LogP contribution >= 0.6 is 7.60 Å². The van der Waals surface area contributed by atoms with E-state index >= 15 is 0 Å². The molecule has 0 fully saturated rings. The van der Waals surface area contributed by atoms with Gasteiger partial charge in [-0.15, -0.1) is 0 Å². The molecule has 9 heteroatoms. The Morgan fingerprint density at radius 1 is 1.22 bits per heavy atom. The van der Waals surface area contributed by atoms with Gasteiger partial charge in [0, 0.05) is 0 Å². The van der Waals surface area contributed by atoms with Crippen LogP contribution in [0.25, 0.3) is 0 Å². The lowest BCUT2D eigenvalue weighted by Gasteiger charge is -2.21. The van der Waals surface area contributed by atoms with Gasteiger partial charge >= 0.3 is 7.60 Å². The molecular formula is C9H20N3O5P. The third-order valence-corrected chi connectivity index (χ3v) is 3.57. The van der Waals surface area contributed by atoms with Crippen LogP contribution in [0.5, 0.6) is 0 Å². The SMILES string of the molecule is CCC(NC(=O)[C@H](C)NC(=O)[C@H](C)N)P(=O)(O)O. The lowest BCUT2D eigenvalue weighted by molar-refractivity contribution is -0.129. The smallest absolute Gasteiger partial charge is 0.343 e. The summed E-state index contributed by atoms with van der Waals surface area (Å²) in [6, 6.07) is -1.67. The minimum absolute atomic E-state index is 0.0873. The second kappa shape index (κ2) is 6.84. The van der Waals surface area contributed by atoms with Gasteiger partial charge in [0.05, 0.1) is 6.04 Å². The number of carbonyl (C=O) groups excluding carboxylic acids is 2. The molecule has 106 valence electrons. The van der Waals surface area contributed by atoms with E-state index in [0.29, 0.717) is 0 Å². The highest BCUT2D eigenvalue weighted by atomic mass is 31.2. The summed E-state index contributed by atoms with van der Waals surface area (Å²) < 4.78 is 11.0. The number of nitrogens with two attached hydrogens (primary N) is 1. The van der Waals surface area contributed by atoms with Crippen molar-refractivity contribution < 1.29 is 23.9 Å². The minimum atomic E-state index is -4.39. The van der Waals surface area contributed by atoms with Gasteiger partial charge in [0.25, 0.3) is 0 Å². The molecule has 0 aromatic heterocycles. The summed E-state index contributed by atoms with van der Waals surface area (Å²) in [6.07, 6.45) is 0.0873. The average molecular weight is 281 g/mol. The molecule has 0 aliphatic heterocycles. The number of carbonyl (C=O) groups is 2. The zero-order valence-corrected chi connectivity index (χ0v) is 11.5. The Morgan fingerprint density at radius 3 is 2.06 bits per heavy atom. The fourth-order valence-electron chi connectivity index (χ4n) is 1.12. The first-order valence-corrected chi connectivity index (χ1v) is 7.19. The highest BCUT2D eigenvalue weighted by molar-refractivity contribution is 7.52. The van der Waals surface area contributed by atoms with E-state index in [0.717, 1.165) is 0 Å². The van der Waals surface area contributed by atoms with Gasteiger partial charge in [-0.3, -0.25) is 14.2 Å². The molecule has 2 amide bonds. The predicted octanol–water partition coefficient (Wildman–Crippen LogP) is -1.13. The van der Waals surface area contributed by atoms with Crippen LogP contribution in [0.3, 0.4) is 0 Å². The third kappa shape index (κ3) is 5.59. The van der Waals surface area contributed by atoms with Crippen LogP contribution in [0.1, 0.15) is 27.2 Å². The second-order valence-electron chi connectivity index (χ2n) is 4.04. The van der Waals surface area contributed by atoms with Crippen LogP contribution < -0.4 is 16.4 Å². The van der Waals surface area contributed by atoms with E-state index in [2.05, 4.69) is 10.6 Å². The monoisotopic (exact) mass is 281 g/mol. The Labute approximate surface area is 105 Å². The molecule has 0 aromatic carbocycles. The summed E-state index contributed by atoms with van der Waals surface area (Å²) in [5.74, 6) is -2.43. The number of rotatable bonds is 6. The molecule has 8 nitrogen and oxygen atoms in total. The van der Waals surface area contributed by atoms with E-state index in [1.807, 2.05) is 0 Å². The van der Waals surface area contributed by atoms with Crippen LogP contribution in [0.4, 0.5) is 0 Å². The topological polar surface area (TPSA) is 142 Å². The van der Waals surface area contributed by atoms with Crippen molar-refractivity contribution >= 4 is 19.4 Å². The van der Waals surface area contributed by atoms with Crippen LogP contribution in [0, 0.1) is 0 Å².